The molecule has 7 heteroatoms. The van der Waals surface area contributed by atoms with Gasteiger partial charge in [0.15, 0.2) is 11.6 Å². The van der Waals surface area contributed by atoms with Gasteiger partial charge < -0.3 is 10.5 Å². The first-order chi connectivity index (χ1) is 9.40. The minimum Gasteiger partial charge on any atom is -0.453 e. The summed E-state index contributed by atoms with van der Waals surface area (Å²) in [5, 5.41) is 0.377. The SMILES string of the molecule is NC(=S)c1ccc(Oc2cc(Br)ccc2Cl)c(F)c1Br. The Morgan fingerprint density at radius 3 is 2.55 bits per heavy atom. The van der Waals surface area contributed by atoms with Crippen LogP contribution in [-0.4, -0.2) is 4.99 Å². The molecule has 0 aliphatic carbocycles. The molecule has 0 spiro atoms. The van der Waals surface area contributed by atoms with Crippen molar-refractivity contribution in [3.63, 3.8) is 0 Å². The molecule has 20 heavy (non-hydrogen) atoms. The van der Waals surface area contributed by atoms with Crippen molar-refractivity contribution in [2.75, 3.05) is 0 Å². The highest BCUT2D eigenvalue weighted by molar-refractivity contribution is 9.10. The second-order valence-electron chi connectivity index (χ2n) is 3.78. The van der Waals surface area contributed by atoms with E-state index in [0.717, 1.165) is 4.47 Å². The van der Waals surface area contributed by atoms with Crippen LogP contribution < -0.4 is 10.5 Å². The van der Waals surface area contributed by atoms with Crippen molar-refractivity contribution in [1.29, 1.82) is 0 Å². The molecule has 0 amide bonds. The fourth-order valence-electron chi connectivity index (χ4n) is 1.47. The van der Waals surface area contributed by atoms with Crippen molar-refractivity contribution >= 4 is 60.7 Å². The molecule has 0 fully saturated rings. The topological polar surface area (TPSA) is 35.2 Å². The third-order valence-corrected chi connectivity index (χ3v) is 4.23. The smallest absolute Gasteiger partial charge is 0.180 e. The van der Waals surface area contributed by atoms with Crippen LogP contribution in [0.4, 0.5) is 4.39 Å². The maximum Gasteiger partial charge on any atom is 0.180 e. The fourth-order valence-corrected chi connectivity index (χ4v) is 2.81. The van der Waals surface area contributed by atoms with Gasteiger partial charge in [-0.15, -0.1) is 0 Å². The lowest BCUT2D eigenvalue weighted by atomic mass is 10.2. The third-order valence-electron chi connectivity index (χ3n) is 2.43. The van der Waals surface area contributed by atoms with Crippen LogP contribution >= 0.6 is 55.7 Å². The number of halogens is 4. The van der Waals surface area contributed by atoms with Gasteiger partial charge in [-0.3, -0.25) is 0 Å². The Morgan fingerprint density at radius 2 is 1.90 bits per heavy atom. The minimum atomic E-state index is -0.591. The quantitative estimate of drug-likeness (QED) is 0.648. The van der Waals surface area contributed by atoms with Gasteiger partial charge >= 0.3 is 0 Å². The monoisotopic (exact) mass is 437 g/mol. The first-order valence-electron chi connectivity index (χ1n) is 5.31. The molecule has 0 aromatic heterocycles. The Hall–Kier alpha value is -0.690. The summed E-state index contributed by atoms with van der Waals surface area (Å²) in [7, 11) is 0. The molecule has 0 saturated carbocycles. The van der Waals surface area contributed by atoms with Crippen molar-refractivity contribution in [2.45, 2.75) is 0 Å². The van der Waals surface area contributed by atoms with E-state index in [2.05, 4.69) is 31.9 Å². The van der Waals surface area contributed by atoms with Crippen LogP contribution in [-0.2, 0) is 0 Å². The number of rotatable bonds is 3. The molecule has 0 aliphatic rings. The predicted octanol–water partition coefficient (Wildman–Crippen LogP) is 5.43. The van der Waals surface area contributed by atoms with Gasteiger partial charge in [0, 0.05) is 10.0 Å². The molecule has 104 valence electrons. The fraction of sp³-hybridized carbons (Fsp3) is 0. The van der Waals surface area contributed by atoms with E-state index in [1.54, 1.807) is 24.3 Å². The van der Waals surface area contributed by atoms with Gasteiger partial charge in [-0.2, -0.15) is 0 Å². The van der Waals surface area contributed by atoms with Gasteiger partial charge in [0.1, 0.15) is 10.7 Å². The molecule has 2 N–H and O–H groups in total. The molecule has 2 aromatic carbocycles. The van der Waals surface area contributed by atoms with Crippen LogP contribution in [0.15, 0.2) is 39.3 Å². The zero-order valence-electron chi connectivity index (χ0n) is 9.79. The lowest BCUT2D eigenvalue weighted by Crippen LogP contribution is -2.11. The molecule has 2 rings (SSSR count). The second kappa shape index (κ2) is 6.39. The maximum atomic E-state index is 14.2. The van der Waals surface area contributed by atoms with Crippen LogP contribution in [0.3, 0.4) is 0 Å². The number of thiocarbonyl (C=S) groups is 1. The highest BCUT2D eigenvalue weighted by atomic mass is 79.9. The normalized spacial score (nSPS) is 10.4. The number of ether oxygens (including phenoxy) is 1. The molecule has 0 bridgehead atoms. The van der Waals surface area contributed by atoms with Crippen LogP contribution in [0.1, 0.15) is 5.56 Å². The van der Waals surface area contributed by atoms with Gasteiger partial charge in [-0.05, 0) is 46.3 Å². The van der Waals surface area contributed by atoms with E-state index >= 15 is 0 Å². The zero-order valence-corrected chi connectivity index (χ0v) is 14.5. The Kier molecular flexibility index (Phi) is 5.01. The summed E-state index contributed by atoms with van der Waals surface area (Å²) in [6.45, 7) is 0. The molecule has 2 nitrogen and oxygen atoms in total. The van der Waals surface area contributed by atoms with E-state index in [4.69, 9.17) is 34.3 Å². The van der Waals surface area contributed by atoms with E-state index in [0.29, 0.717) is 16.3 Å². The summed E-state index contributed by atoms with van der Waals surface area (Å²) in [6, 6.07) is 8.09. The van der Waals surface area contributed by atoms with Crippen molar-refractivity contribution < 1.29 is 9.13 Å². The van der Waals surface area contributed by atoms with Crippen molar-refractivity contribution in [3.8, 4) is 11.5 Å². The van der Waals surface area contributed by atoms with Crippen molar-refractivity contribution in [1.82, 2.24) is 0 Å². The summed E-state index contributed by atoms with van der Waals surface area (Å²) in [6.07, 6.45) is 0. The lowest BCUT2D eigenvalue weighted by molar-refractivity contribution is 0.440. The Balaban J connectivity index is 2.42. The molecule has 0 atom stereocenters. The third kappa shape index (κ3) is 3.31. The van der Waals surface area contributed by atoms with Crippen LogP contribution in [0.5, 0.6) is 11.5 Å². The largest absolute Gasteiger partial charge is 0.453 e. The van der Waals surface area contributed by atoms with Gasteiger partial charge in [-0.25, -0.2) is 4.39 Å². The molecular formula is C13H7Br2ClFNOS. The highest BCUT2D eigenvalue weighted by Gasteiger charge is 2.15. The first kappa shape index (κ1) is 15.7. The van der Waals surface area contributed by atoms with Crippen molar-refractivity contribution in [3.05, 3.63) is 55.7 Å². The lowest BCUT2D eigenvalue weighted by Gasteiger charge is -2.11. The minimum absolute atomic E-state index is 0.0249. The summed E-state index contributed by atoms with van der Waals surface area (Å²) in [5.74, 6) is -0.224. The van der Waals surface area contributed by atoms with Crippen molar-refractivity contribution in [2.24, 2.45) is 5.73 Å². The van der Waals surface area contributed by atoms with Crippen LogP contribution in [0.2, 0.25) is 5.02 Å². The van der Waals surface area contributed by atoms with E-state index < -0.39 is 5.82 Å². The van der Waals surface area contributed by atoms with E-state index in [-0.39, 0.29) is 15.2 Å². The summed E-state index contributed by atoms with van der Waals surface area (Å²) >= 11 is 17.2. The zero-order chi connectivity index (χ0) is 14.9. The Morgan fingerprint density at radius 1 is 1.20 bits per heavy atom. The number of nitrogens with two attached hydrogens (primary N) is 1. The van der Waals surface area contributed by atoms with Gasteiger partial charge in [0.2, 0.25) is 0 Å². The van der Waals surface area contributed by atoms with Crippen LogP contribution in [0, 0.1) is 5.82 Å². The van der Waals surface area contributed by atoms with Crippen LogP contribution in [0.25, 0.3) is 0 Å². The molecular weight excluding hydrogens is 432 g/mol. The maximum absolute atomic E-state index is 14.2. The standard InChI is InChI=1S/C13H7Br2ClFNOS/c14-6-1-3-8(16)10(5-6)19-9-4-2-7(13(18)20)11(15)12(9)17/h1-5H,(H2,18,20). The molecule has 0 saturated heterocycles. The average molecular weight is 440 g/mol. The molecule has 2 aromatic rings. The molecule has 0 unspecified atom stereocenters. The van der Waals surface area contributed by atoms with E-state index in [9.17, 15) is 4.39 Å². The summed E-state index contributed by atoms with van der Waals surface area (Å²) in [5.41, 5.74) is 5.90. The summed E-state index contributed by atoms with van der Waals surface area (Å²) in [4.78, 5) is 0.0998. The van der Waals surface area contributed by atoms with E-state index in [1.807, 2.05) is 0 Å². The number of hydrogen-bond acceptors (Lipinski definition) is 2. The van der Waals surface area contributed by atoms with Gasteiger partial charge in [-0.1, -0.05) is 39.7 Å². The summed E-state index contributed by atoms with van der Waals surface area (Å²) < 4.78 is 20.6. The van der Waals surface area contributed by atoms with Gasteiger partial charge in [0.25, 0.3) is 0 Å². The molecule has 0 radical (unpaired) electrons. The van der Waals surface area contributed by atoms with Gasteiger partial charge in [0.05, 0.1) is 9.50 Å². The number of hydrogen-bond donors (Lipinski definition) is 1. The molecule has 0 aliphatic heterocycles. The average Bonchev–Trinajstić information content (AvgIpc) is 2.39. The van der Waals surface area contributed by atoms with E-state index in [1.165, 1.54) is 6.07 Å². The second-order valence-corrected chi connectivity index (χ2v) is 6.34. The predicted molar refractivity (Wildman–Crippen MR) is 89.2 cm³/mol. The highest BCUT2D eigenvalue weighted by Crippen LogP contribution is 2.36. The number of benzene rings is 2. The Labute approximate surface area is 142 Å². The molecule has 0 heterocycles. The first-order valence-corrected chi connectivity index (χ1v) is 7.68. The Bertz CT molecular complexity index is 696.